The molecule has 0 aromatic carbocycles. The van der Waals surface area contributed by atoms with Gasteiger partial charge in [0.15, 0.2) is 0 Å². The monoisotopic (exact) mass is 176 g/mol. The van der Waals surface area contributed by atoms with Crippen LogP contribution in [0.1, 0.15) is 20.3 Å². The highest BCUT2D eigenvalue weighted by Crippen LogP contribution is 2.44. The molecule has 2 atom stereocenters. The van der Waals surface area contributed by atoms with Gasteiger partial charge < -0.3 is 0 Å². The van der Waals surface area contributed by atoms with Crippen LogP contribution in [0.4, 0.5) is 0 Å². The summed E-state index contributed by atoms with van der Waals surface area (Å²) in [5, 5.41) is 0. The van der Waals surface area contributed by atoms with Crippen LogP contribution >= 0.6 is 0 Å². The van der Waals surface area contributed by atoms with Crippen molar-refractivity contribution in [2.75, 3.05) is 12.0 Å². The Bertz CT molecular complexity index is 228. The van der Waals surface area contributed by atoms with E-state index in [0.717, 1.165) is 6.42 Å². The fraction of sp³-hybridized carbons (Fsp3) is 1.00. The summed E-state index contributed by atoms with van der Waals surface area (Å²) in [5.41, 5.74) is 0. The quantitative estimate of drug-likeness (QED) is 0.650. The predicted molar refractivity (Wildman–Crippen MR) is 46.1 cm³/mol. The Balaban J connectivity index is 2.35. The van der Waals surface area contributed by atoms with Crippen LogP contribution in [0.5, 0.6) is 0 Å². The molecule has 0 amide bonds. The Kier molecular flexibility index (Phi) is 2.28. The van der Waals surface area contributed by atoms with Crippen LogP contribution in [0.15, 0.2) is 0 Å². The van der Waals surface area contributed by atoms with E-state index >= 15 is 0 Å². The van der Waals surface area contributed by atoms with Gasteiger partial charge in [-0.3, -0.25) is 0 Å². The fourth-order valence-electron chi connectivity index (χ4n) is 1.67. The topological polar surface area (TPSA) is 34.1 Å². The van der Waals surface area contributed by atoms with Crippen molar-refractivity contribution in [3.8, 4) is 0 Å². The van der Waals surface area contributed by atoms with E-state index in [1.807, 2.05) is 0 Å². The Hall–Kier alpha value is -0.0500. The van der Waals surface area contributed by atoms with Gasteiger partial charge in [-0.1, -0.05) is 13.8 Å². The Morgan fingerprint density at radius 1 is 1.45 bits per heavy atom. The Labute approximate surface area is 68.9 Å². The molecule has 0 radical (unpaired) electrons. The van der Waals surface area contributed by atoms with Crippen LogP contribution in [0.25, 0.3) is 0 Å². The molecule has 0 aliphatic heterocycles. The molecular formula is C8H16O2S. The highest BCUT2D eigenvalue weighted by atomic mass is 32.2. The van der Waals surface area contributed by atoms with Gasteiger partial charge in [0.25, 0.3) is 0 Å². The average molecular weight is 176 g/mol. The summed E-state index contributed by atoms with van der Waals surface area (Å²) in [4.78, 5) is 0. The summed E-state index contributed by atoms with van der Waals surface area (Å²) >= 11 is 0. The minimum absolute atomic E-state index is 0.399. The second-order valence-electron chi connectivity index (χ2n) is 4.00. The lowest BCUT2D eigenvalue weighted by molar-refractivity contribution is 0.526. The van der Waals surface area contributed by atoms with E-state index in [0.29, 0.717) is 23.5 Å². The van der Waals surface area contributed by atoms with Crippen LogP contribution in [0.3, 0.4) is 0 Å². The van der Waals surface area contributed by atoms with Crippen LogP contribution in [0, 0.1) is 17.8 Å². The molecule has 2 nitrogen and oxygen atoms in total. The largest absolute Gasteiger partial charge is 0.229 e. The van der Waals surface area contributed by atoms with E-state index in [1.165, 1.54) is 6.26 Å². The first-order valence-electron chi connectivity index (χ1n) is 4.08. The van der Waals surface area contributed by atoms with Gasteiger partial charge in [-0.25, -0.2) is 8.42 Å². The molecule has 1 fully saturated rings. The first kappa shape index (κ1) is 9.04. The van der Waals surface area contributed by atoms with Gasteiger partial charge in [-0.05, 0) is 24.2 Å². The Morgan fingerprint density at radius 2 is 2.00 bits per heavy atom. The van der Waals surface area contributed by atoms with Gasteiger partial charge in [0.2, 0.25) is 0 Å². The zero-order valence-electron chi connectivity index (χ0n) is 7.37. The molecule has 66 valence electrons. The molecule has 0 saturated heterocycles. The summed E-state index contributed by atoms with van der Waals surface area (Å²) in [7, 11) is -2.73. The van der Waals surface area contributed by atoms with Gasteiger partial charge in [0.05, 0.1) is 5.75 Å². The summed E-state index contributed by atoms with van der Waals surface area (Å²) in [5.74, 6) is 2.19. The van der Waals surface area contributed by atoms with Crippen molar-refractivity contribution < 1.29 is 8.42 Å². The van der Waals surface area contributed by atoms with Crippen molar-refractivity contribution in [2.24, 2.45) is 17.8 Å². The van der Waals surface area contributed by atoms with Gasteiger partial charge in [-0.15, -0.1) is 0 Å². The second-order valence-corrected chi connectivity index (χ2v) is 6.18. The van der Waals surface area contributed by atoms with Crippen LogP contribution in [-0.4, -0.2) is 20.4 Å². The van der Waals surface area contributed by atoms with Crippen molar-refractivity contribution in [1.29, 1.82) is 0 Å². The van der Waals surface area contributed by atoms with Crippen molar-refractivity contribution in [3.63, 3.8) is 0 Å². The molecule has 11 heavy (non-hydrogen) atoms. The zero-order valence-corrected chi connectivity index (χ0v) is 8.19. The molecule has 0 N–H and O–H groups in total. The maximum atomic E-state index is 10.8. The minimum Gasteiger partial charge on any atom is -0.229 e. The molecular weight excluding hydrogens is 160 g/mol. The predicted octanol–water partition coefficient (Wildman–Crippen LogP) is 1.32. The van der Waals surface area contributed by atoms with Crippen molar-refractivity contribution in [2.45, 2.75) is 20.3 Å². The fourth-order valence-corrected chi connectivity index (χ4v) is 2.83. The molecule has 1 aliphatic carbocycles. The Morgan fingerprint density at radius 3 is 2.27 bits per heavy atom. The van der Waals surface area contributed by atoms with Gasteiger partial charge in [0.1, 0.15) is 9.84 Å². The maximum absolute atomic E-state index is 10.8. The van der Waals surface area contributed by atoms with Gasteiger partial charge in [0, 0.05) is 6.26 Å². The number of rotatable bonds is 3. The SMILES string of the molecule is CC(C)C1CC1CS(C)(=O)=O. The maximum Gasteiger partial charge on any atom is 0.147 e. The smallest absolute Gasteiger partial charge is 0.147 e. The van der Waals surface area contributed by atoms with Crippen LogP contribution in [0.2, 0.25) is 0 Å². The van der Waals surface area contributed by atoms with Gasteiger partial charge >= 0.3 is 0 Å². The molecule has 0 bridgehead atoms. The lowest BCUT2D eigenvalue weighted by Gasteiger charge is -2.01. The van der Waals surface area contributed by atoms with Crippen molar-refractivity contribution in [1.82, 2.24) is 0 Å². The van der Waals surface area contributed by atoms with Crippen LogP contribution in [-0.2, 0) is 9.84 Å². The minimum atomic E-state index is -2.73. The first-order valence-corrected chi connectivity index (χ1v) is 6.14. The van der Waals surface area contributed by atoms with Crippen molar-refractivity contribution >= 4 is 9.84 Å². The summed E-state index contributed by atoms with van der Waals surface area (Å²) < 4.78 is 21.7. The third-order valence-electron chi connectivity index (χ3n) is 2.35. The summed E-state index contributed by atoms with van der Waals surface area (Å²) in [6.07, 6.45) is 2.44. The zero-order chi connectivity index (χ0) is 8.65. The van der Waals surface area contributed by atoms with Crippen LogP contribution < -0.4 is 0 Å². The lowest BCUT2D eigenvalue weighted by atomic mass is 10.1. The number of hydrogen-bond acceptors (Lipinski definition) is 2. The number of hydrogen-bond donors (Lipinski definition) is 0. The molecule has 0 aromatic rings. The highest BCUT2D eigenvalue weighted by molar-refractivity contribution is 7.90. The molecule has 0 aromatic heterocycles. The molecule has 1 saturated carbocycles. The van der Waals surface area contributed by atoms with Crippen molar-refractivity contribution in [3.05, 3.63) is 0 Å². The second kappa shape index (κ2) is 2.77. The molecule has 0 spiro atoms. The van der Waals surface area contributed by atoms with E-state index in [2.05, 4.69) is 13.8 Å². The van der Waals surface area contributed by atoms with E-state index in [4.69, 9.17) is 0 Å². The first-order chi connectivity index (χ1) is 4.90. The van der Waals surface area contributed by atoms with E-state index in [1.54, 1.807) is 0 Å². The molecule has 2 unspecified atom stereocenters. The van der Waals surface area contributed by atoms with E-state index < -0.39 is 9.84 Å². The standard InChI is InChI=1S/C8H16O2S/c1-6(2)8-4-7(8)5-11(3,9)10/h6-8H,4-5H2,1-3H3. The molecule has 3 heteroatoms. The number of sulfone groups is 1. The van der Waals surface area contributed by atoms with E-state index in [-0.39, 0.29) is 0 Å². The molecule has 1 rings (SSSR count). The van der Waals surface area contributed by atoms with Gasteiger partial charge in [-0.2, -0.15) is 0 Å². The third-order valence-corrected chi connectivity index (χ3v) is 3.38. The molecule has 1 aliphatic rings. The molecule has 0 heterocycles. The highest BCUT2D eigenvalue weighted by Gasteiger charge is 2.40. The summed E-state index contributed by atoms with van der Waals surface area (Å²) in [6, 6.07) is 0. The third kappa shape index (κ3) is 2.81. The normalized spacial score (nSPS) is 30.9. The van der Waals surface area contributed by atoms with E-state index in [9.17, 15) is 8.42 Å². The lowest BCUT2D eigenvalue weighted by Crippen LogP contribution is -2.07. The average Bonchev–Trinajstić information content (AvgIpc) is 2.40. The summed E-state index contributed by atoms with van der Waals surface area (Å²) in [6.45, 7) is 4.32.